The molecule has 1 rings (SSSR count). The molecule has 25 heavy (non-hydrogen) atoms. The van der Waals surface area contributed by atoms with E-state index in [1.54, 1.807) is 30.2 Å². The molecule has 7 heteroatoms. The summed E-state index contributed by atoms with van der Waals surface area (Å²) in [6.45, 7) is 5.71. The van der Waals surface area contributed by atoms with Crippen molar-refractivity contribution in [3.63, 3.8) is 0 Å². The summed E-state index contributed by atoms with van der Waals surface area (Å²) in [6, 6.07) is 5.27. The third kappa shape index (κ3) is 7.65. The molecule has 0 saturated carbocycles. The Bertz CT molecular complexity index is 566. The summed E-state index contributed by atoms with van der Waals surface area (Å²) in [5.41, 5.74) is 0.741. The molecule has 0 fully saturated rings. The van der Waals surface area contributed by atoms with Gasteiger partial charge in [0.15, 0.2) is 0 Å². The van der Waals surface area contributed by atoms with Gasteiger partial charge in [0.05, 0.1) is 19.3 Å². The van der Waals surface area contributed by atoms with Crippen molar-refractivity contribution in [1.29, 1.82) is 0 Å². The molecule has 0 aliphatic heterocycles. The quantitative estimate of drug-likeness (QED) is 0.629. The van der Waals surface area contributed by atoms with E-state index in [9.17, 15) is 9.59 Å². The van der Waals surface area contributed by atoms with E-state index < -0.39 is 0 Å². The lowest BCUT2D eigenvalue weighted by atomic mass is 10.2. The van der Waals surface area contributed by atoms with Gasteiger partial charge >= 0.3 is 0 Å². The molecule has 2 amide bonds. The number of hydrogen-bond donors (Lipinski definition) is 2. The standard InChI is InChI=1S/C18H28ClN3O3/c1-4-9-21-17(23)13-22(11-5-2)18(24)8-10-20-15-12-14(19)6-7-16(15)25-3/h6-7,12,20H,4-5,8-11,13H2,1-3H3,(H,21,23). The lowest BCUT2D eigenvalue weighted by Gasteiger charge is -2.22. The van der Waals surface area contributed by atoms with Crippen LogP contribution in [0.1, 0.15) is 33.1 Å². The first-order chi connectivity index (χ1) is 12.0. The third-order valence-electron chi connectivity index (χ3n) is 3.57. The van der Waals surface area contributed by atoms with Crippen molar-refractivity contribution < 1.29 is 14.3 Å². The van der Waals surface area contributed by atoms with Gasteiger partial charge in [0, 0.05) is 31.1 Å². The number of ether oxygens (including phenoxy) is 1. The number of nitrogens with one attached hydrogen (secondary N) is 2. The van der Waals surface area contributed by atoms with Gasteiger partial charge in [0.2, 0.25) is 11.8 Å². The minimum absolute atomic E-state index is 0.0537. The Balaban J connectivity index is 2.54. The molecule has 1 aromatic rings. The van der Waals surface area contributed by atoms with Gasteiger partial charge in [-0.3, -0.25) is 9.59 Å². The second kappa shape index (κ2) is 11.6. The number of methoxy groups -OCH3 is 1. The van der Waals surface area contributed by atoms with Crippen LogP contribution in [0.5, 0.6) is 5.75 Å². The summed E-state index contributed by atoms with van der Waals surface area (Å²) in [5.74, 6) is 0.497. The molecule has 0 heterocycles. The van der Waals surface area contributed by atoms with E-state index in [4.69, 9.17) is 16.3 Å². The normalized spacial score (nSPS) is 10.2. The lowest BCUT2D eigenvalue weighted by Crippen LogP contribution is -2.41. The molecule has 0 radical (unpaired) electrons. The Morgan fingerprint density at radius 1 is 1.20 bits per heavy atom. The van der Waals surface area contributed by atoms with Crippen molar-refractivity contribution in [2.45, 2.75) is 33.1 Å². The van der Waals surface area contributed by atoms with Crippen LogP contribution in [-0.2, 0) is 9.59 Å². The van der Waals surface area contributed by atoms with Crippen molar-refractivity contribution in [2.24, 2.45) is 0 Å². The number of halogens is 1. The van der Waals surface area contributed by atoms with Crippen LogP contribution in [-0.4, -0.2) is 50.0 Å². The maximum absolute atomic E-state index is 12.4. The van der Waals surface area contributed by atoms with Gasteiger partial charge in [-0.1, -0.05) is 25.4 Å². The highest BCUT2D eigenvalue weighted by Crippen LogP contribution is 2.27. The van der Waals surface area contributed by atoms with Crippen molar-refractivity contribution in [3.8, 4) is 5.75 Å². The first-order valence-corrected chi connectivity index (χ1v) is 9.01. The summed E-state index contributed by atoms with van der Waals surface area (Å²) in [7, 11) is 1.58. The number of carbonyl (C=O) groups excluding carboxylic acids is 2. The SMILES string of the molecule is CCCNC(=O)CN(CCC)C(=O)CCNc1cc(Cl)ccc1OC. The molecule has 6 nitrogen and oxygen atoms in total. The van der Waals surface area contributed by atoms with Crippen LogP contribution in [0, 0.1) is 0 Å². The van der Waals surface area contributed by atoms with E-state index in [1.807, 2.05) is 13.8 Å². The third-order valence-corrected chi connectivity index (χ3v) is 3.80. The molecule has 0 saturated heterocycles. The highest BCUT2D eigenvalue weighted by atomic mass is 35.5. The zero-order chi connectivity index (χ0) is 18.7. The maximum Gasteiger partial charge on any atom is 0.239 e. The summed E-state index contributed by atoms with van der Waals surface area (Å²) in [4.78, 5) is 25.9. The van der Waals surface area contributed by atoms with Crippen LogP contribution in [0.25, 0.3) is 0 Å². The first-order valence-electron chi connectivity index (χ1n) is 8.63. The molecule has 0 aromatic heterocycles. The number of rotatable bonds is 11. The first kappa shape index (κ1) is 21.1. The van der Waals surface area contributed by atoms with Crippen LogP contribution < -0.4 is 15.4 Å². The lowest BCUT2D eigenvalue weighted by molar-refractivity contribution is -0.135. The van der Waals surface area contributed by atoms with Crippen LogP contribution >= 0.6 is 11.6 Å². The summed E-state index contributed by atoms with van der Waals surface area (Å²) in [6.07, 6.45) is 1.97. The zero-order valence-electron chi connectivity index (χ0n) is 15.2. The zero-order valence-corrected chi connectivity index (χ0v) is 16.0. The van der Waals surface area contributed by atoms with E-state index in [0.717, 1.165) is 18.5 Å². The van der Waals surface area contributed by atoms with Gasteiger partial charge < -0.3 is 20.3 Å². The number of benzene rings is 1. The average Bonchev–Trinajstić information content (AvgIpc) is 2.59. The Labute approximate surface area is 154 Å². The molecule has 2 N–H and O–H groups in total. The number of nitrogens with zero attached hydrogens (tertiary/aromatic N) is 1. The van der Waals surface area contributed by atoms with Gasteiger partial charge in [-0.05, 0) is 31.0 Å². The predicted molar refractivity (Wildman–Crippen MR) is 101 cm³/mol. The fourth-order valence-electron chi connectivity index (χ4n) is 2.34. The van der Waals surface area contributed by atoms with E-state index in [2.05, 4.69) is 10.6 Å². The Hall–Kier alpha value is -1.95. The maximum atomic E-state index is 12.4. The van der Waals surface area contributed by atoms with Gasteiger partial charge in [0.1, 0.15) is 5.75 Å². The molecule has 0 aliphatic carbocycles. The van der Waals surface area contributed by atoms with Crippen molar-refractivity contribution in [3.05, 3.63) is 23.2 Å². The molecule has 0 atom stereocenters. The van der Waals surface area contributed by atoms with Gasteiger partial charge in [-0.25, -0.2) is 0 Å². The summed E-state index contributed by atoms with van der Waals surface area (Å²) in [5, 5.41) is 6.56. The van der Waals surface area contributed by atoms with E-state index >= 15 is 0 Å². The molecular weight excluding hydrogens is 342 g/mol. The molecule has 1 aromatic carbocycles. The minimum atomic E-state index is -0.117. The van der Waals surface area contributed by atoms with E-state index in [0.29, 0.717) is 30.4 Å². The van der Waals surface area contributed by atoms with E-state index in [-0.39, 0.29) is 24.8 Å². The summed E-state index contributed by atoms with van der Waals surface area (Å²) < 4.78 is 5.26. The molecule has 0 unspecified atom stereocenters. The number of anilines is 1. The van der Waals surface area contributed by atoms with Gasteiger partial charge in [-0.2, -0.15) is 0 Å². The van der Waals surface area contributed by atoms with Crippen molar-refractivity contribution >= 4 is 29.1 Å². The Kier molecular flexibility index (Phi) is 9.77. The van der Waals surface area contributed by atoms with Crippen LogP contribution in [0.4, 0.5) is 5.69 Å². The van der Waals surface area contributed by atoms with Crippen LogP contribution in [0.15, 0.2) is 18.2 Å². The highest BCUT2D eigenvalue weighted by molar-refractivity contribution is 6.30. The monoisotopic (exact) mass is 369 g/mol. The van der Waals surface area contributed by atoms with Gasteiger partial charge in [0.25, 0.3) is 0 Å². The average molecular weight is 370 g/mol. The van der Waals surface area contributed by atoms with E-state index in [1.165, 1.54) is 0 Å². The largest absolute Gasteiger partial charge is 0.495 e. The van der Waals surface area contributed by atoms with Gasteiger partial charge in [-0.15, -0.1) is 0 Å². The van der Waals surface area contributed by atoms with Crippen molar-refractivity contribution in [1.82, 2.24) is 10.2 Å². The molecular formula is C18H28ClN3O3. The minimum Gasteiger partial charge on any atom is -0.495 e. The number of carbonyl (C=O) groups is 2. The van der Waals surface area contributed by atoms with Crippen molar-refractivity contribution in [2.75, 3.05) is 38.6 Å². The smallest absolute Gasteiger partial charge is 0.239 e. The predicted octanol–water partition coefficient (Wildman–Crippen LogP) is 2.92. The topological polar surface area (TPSA) is 70.7 Å². The fraction of sp³-hybridized carbons (Fsp3) is 0.556. The Morgan fingerprint density at radius 3 is 2.60 bits per heavy atom. The number of amides is 2. The fourth-order valence-corrected chi connectivity index (χ4v) is 2.51. The summed E-state index contributed by atoms with van der Waals surface area (Å²) >= 11 is 5.99. The second-order valence-corrected chi connectivity index (χ2v) is 6.12. The van der Waals surface area contributed by atoms with Crippen LogP contribution in [0.3, 0.4) is 0 Å². The Morgan fingerprint density at radius 2 is 1.96 bits per heavy atom. The highest BCUT2D eigenvalue weighted by Gasteiger charge is 2.16. The molecule has 0 aliphatic rings. The molecule has 140 valence electrons. The molecule has 0 spiro atoms. The molecule has 0 bridgehead atoms. The second-order valence-electron chi connectivity index (χ2n) is 5.69. The number of hydrogen-bond acceptors (Lipinski definition) is 4. The van der Waals surface area contributed by atoms with Crippen LogP contribution in [0.2, 0.25) is 5.02 Å².